The van der Waals surface area contributed by atoms with Crippen LogP contribution < -0.4 is 0 Å². The van der Waals surface area contributed by atoms with Crippen molar-refractivity contribution in [3.8, 4) is 0 Å². The Hall–Kier alpha value is -1.73. The van der Waals surface area contributed by atoms with Crippen LogP contribution in [0.3, 0.4) is 0 Å². The Morgan fingerprint density at radius 2 is 2.05 bits per heavy atom. The highest BCUT2D eigenvalue weighted by molar-refractivity contribution is 7.91. The lowest BCUT2D eigenvalue weighted by atomic mass is 10.2. The van der Waals surface area contributed by atoms with Gasteiger partial charge in [0.2, 0.25) is 0 Å². The van der Waals surface area contributed by atoms with Crippen molar-refractivity contribution in [1.82, 2.24) is 0 Å². The molecule has 0 bridgehead atoms. The Morgan fingerprint density at radius 1 is 1.30 bits per heavy atom. The summed E-state index contributed by atoms with van der Waals surface area (Å²) in [5.74, 6) is -2.48. The zero-order valence-electron chi connectivity index (χ0n) is 10.2. The molecule has 0 unspecified atom stereocenters. The first kappa shape index (κ1) is 14.7. The summed E-state index contributed by atoms with van der Waals surface area (Å²) in [7, 11) is -3.86. The molecule has 0 saturated carbocycles. The van der Waals surface area contributed by atoms with E-state index >= 15 is 0 Å². The molecule has 2 rings (SSSR count). The summed E-state index contributed by atoms with van der Waals surface area (Å²) >= 11 is 1.45. The van der Waals surface area contributed by atoms with Gasteiger partial charge in [-0.2, -0.15) is 11.3 Å². The van der Waals surface area contributed by atoms with Crippen molar-refractivity contribution >= 4 is 27.1 Å². The van der Waals surface area contributed by atoms with E-state index in [1.807, 2.05) is 10.8 Å². The highest BCUT2D eigenvalue weighted by atomic mass is 32.2. The Labute approximate surface area is 119 Å². The van der Waals surface area contributed by atoms with Gasteiger partial charge in [0.15, 0.2) is 9.84 Å². The maximum absolute atomic E-state index is 13.6. The first-order valence-electron chi connectivity index (χ1n) is 5.67. The van der Waals surface area contributed by atoms with E-state index < -0.39 is 26.5 Å². The van der Waals surface area contributed by atoms with Gasteiger partial charge in [0.05, 0.1) is 11.3 Å². The van der Waals surface area contributed by atoms with Gasteiger partial charge >= 0.3 is 5.97 Å². The summed E-state index contributed by atoms with van der Waals surface area (Å²) in [6, 6.07) is 4.56. The minimum atomic E-state index is -3.86. The van der Waals surface area contributed by atoms with Crippen molar-refractivity contribution < 1.29 is 22.7 Å². The number of aromatic carboxylic acids is 1. The van der Waals surface area contributed by atoms with Crippen molar-refractivity contribution in [2.75, 3.05) is 5.75 Å². The second-order valence-corrected chi connectivity index (χ2v) is 7.01. The van der Waals surface area contributed by atoms with Gasteiger partial charge in [-0.05, 0) is 47.0 Å². The first-order chi connectivity index (χ1) is 9.40. The molecule has 1 aromatic carbocycles. The van der Waals surface area contributed by atoms with Crippen molar-refractivity contribution in [3.63, 3.8) is 0 Å². The fourth-order valence-electron chi connectivity index (χ4n) is 1.67. The molecule has 1 aromatic heterocycles. The molecule has 0 aliphatic heterocycles. The Kier molecular flexibility index (Phi) is 4.20. The first-order valence-corrected chi connectivity index (χ1v) is 8.26. The Morgan fingerprint density at radius 3 is 2.65 bits per heavy atom. The number of halogens is 1. The van der Waals surface area contributed by atoms with Crippen molar-refractivity contribution in [3.05, 3.63) is 52.0 Å². The molecule has 2 aromatic rings. The van der Waals surface area contributed by atoms with Crippen LogP contribution in [0.2, 0.25) is 0 Å². The van der Waals surface area contributed by atoms with E-state index in [1.54, 1.807) is 6.07 Å². The fraction of sp³-hybridized carbons (Fsp3) is 0.154. The second-order valence-electron chi connectivity index (χ2n) is 4.15. The van der Waals surface area contributed by atoms with Crippen LogP contribution in [-0.4, -0.2) is 25.2 Å². The van der Waals surface area contributed by atoms with Gasteiger partial charge in [-0.25, -0.2) is 17.6 Å². The summed E-state index contributed by atoms with van der Waals surface area (Å²) in [5.41, 5.74) is 0.605. The minimum absolute atomic E-state index is 0.250. The molecule has 0 atom stereocenters. The number of thiophene rings is 1. The third-order valence-electron chi connectivity index (χ3n) is 2.75. The normalized spacial score (nSPS) is 11.4. The van der Waals surface area contributed by atoms with Crippen LogP contribution in [0.15, 0.2) is 39.9 Å². The van der Waals surface area contributed by atoms with Crippen LogP contribution >= 0.6 is 11.3 Å². The molecule has 1 heterocycles. The quantitative estimate of drug-likeness (QED) is 0.921. The summed E-state index contributed by atoms with van der Waals surface area (Å²) in [5, 5.41) is 12.5. The van der Waals surface area contributed by atoms with E-state index in [4.69, 9.17) is 5.11 Å². The van der Waals surface area contributed by atoms with Gasteiger partial charge in [-0.15, -0.1) is 0 Å². The highest BCUT2D eigenvalue weighted by Crippen LogP contribution is 2.19. The van der Waals surface area contributed by atoms with E-state index in [0.717, 1.165) is 23.8 Å². The molecule has 1 N–H and O–H groups in total. The van der Waals surface area contributed by atoms with E-state index in [1.165, 1.54) is 11.3 Å². The second kappa shape index (κ2) is 5.72. The minimum Gasteiger partial charge on any atom is -0.478 e. The Balaban J connectivity index is 2.28. The third-order valence-corrected chi connectivity index (χ3v) is 5.21. The van der Waals surface area contributed by atoms with Crippen LogP contribution in [0.1, 0.15) is 15.9 Å². The zero-order chi connectivity index (χ0) is 14.8. The highest BCUT2D eigenvalue weighted by Gasteiger charge is 2.21. The standard InChI is InChI=1S/C13H11FO4S2/c14-11-2-1-10(13(15)16)7-12(11)20(17,18)6-4-9-3-5-19-8-9/h1-3,5,7-8H,4,6H2,(H,15,16). The number of carboxylic acids is 1. The largest absolute Gasteiger partial charge is 0.478 e. The average molecular weight is 314 g/mol. The van der Waals surface area contributed by atoms with Gasteiger partial charge < -0.3 is 5.11 Å². The topological polar surface area (TPSA) is 71.4 Å². The predicted octanol–water partition coefficient (Wildman–Crippen LogP) is 2.60. The van der Waals surface area contributed by atoms with Crippen molar-refractivity contribution in [2.24, 2.45) is 0 Å². The molecule has 4 nitrogen and oxygen atoms in total. The number of rotatable bonds is 5. The molecule has 7 heteroatoms. The van der Waals surface area contributed by atoms with E-state index in [9.17, 15) is 17.6 Å². The summed E-state index contributed by atoms with van der Waals surface area (Å²) in [4.78, 5) is 10.3. The fourth-order valence-corrected chi connectivity index (χ4v) is 3.77. The molecule has 0 amide bonds. The van der Waals surface area contributed by atoms with Crippen molar-refractivity contribution in [1.29, 1.82) is 0 Å². The number of carbonyl (C=O) groups is 1. The van der Waals surface area contributed by atoms with Crippen molar-refractivity contribution in [2.45, 2.75) is 11.3 Å². The molecule has 0 radical (unpaired) electrons. The SMILES string of the molecule is O=C(O)c1ccc(F)c(S(=O)(=O)CCc2ccsc2)c1. The molecule has 0 spiro atoms. The molecular weight excluding hydrogens is 303 g/mol. The molecule has 20 heavy (non-hydrogen) atoms. The summed E-state index contributed by atoms with van der Waals surface area (Å²) < 4.78 is 37.8. The average Bonchev–Trinajstić information content (AvgIpc) is 2.89. The maximum Gasteiger partial charge on any atom is 0.335 e. The predicted molar refractivity (Wildman–Crippen MR) is 73.4 cm³/mol. The smallest absolute Gasteiger partial charge is 0.335 e. The van der Waals surface area contributed by atoms with Gasteiger partial charge in [0.1, 0.15) is 10.7 Å². The Bertz CT molecular complexity index is 721. The number of hydrogen-bond acceptors (Lipinski definition) is 4. The van der Waals surface area contributed by atoms with Crippen LogP contribution in [0.4, 0.5) is 4.39 Å². The van der Waals surface area contributed by atoms with Gasteiger partial charge in [0.25, 0.3) is 0 Å². The van der Waals surface area contributed by atoms with Gasteiger partial charge in [-0.1, -0.05) is 0 Å². The van der Waals surface area contributed by atoms with Crippen LogP contribution in [0.25, 0.3) is 0 Å². The van der Waals surface area contributed by atoms with E-state index in [2.05, 4.69) is 0 Å². The summed E-state index contributed by atoms with van der Waals surface area (Å²) in [6.45, 7) is 0. The van der Waals surface area contributed by atoms with Gasteiger partial charge in [-0.3, -0.25) is 0 Å². The number of aryl methyl sites for hydroxylation is 1. The molecular formula is C13H11FO4S2. The van der Waals surface area contributed by atoms with Crippen LogP contribution in [-0.2, 0) is 16.3 Å². The monoisotopic (exact) mass is 314 g/mol. The number of hydrogen-bond donors (Lipinski definition) is 1. The molecule has 0 aliphatic carbocycles. The lowest BCUT2D eigenvalue weighted by Crippen LogP contribution is -2.12. The van der Waals surface area contributed by atoms with Crippen LogP contribution in [0.5, 0.6) is 0 Å². The zero-order valence-corrected chi connectivity index (χ0v) is 11.9. The number of benzene rings is 1. The number of sulfone groups is 1. The molecule has 0 saturated heterocycles. The lowest BCUT2D eigenvalue weighted by molar-refractivity contribution is 0.0696. The van der Waals surface area contributed by atoms with E-state index in [-0.39, 0.29) is 17.7 Å². The molecule has 0 fully saturated rings. The number of carboxylic acid groups (broad SMARTS) is 1. The maximum atomic E-state index is 13.6. The van der Waals surface area contributed by atoms with Crippen LogP contribution in [0, 0.1) is 5.82 Å². The molecule has 106 valence electrons. The lowest BCUT2D eigenvalue weighted by Gasteiger charge is -2.06. The third kappa shape index (κ3) is 3.23. The molecule has 0 aliphatic rings. The summed E-state index contributed by atoms with van der Waals surface area (Å²) in [6.07, 6.45) is 0.266. The van der Waals surface area contributed by atoms with E-state index in [0.29, 0.717) is 0 Å². The van der Waals surface area contributed by atoms with Gasteiger partial charge in [0, 0.05) is 0 Å².